The molecule has 1 amide bonds. The first kappa shape index (κ1) is 15.1. The smallest absolute Gasteiger partial charge is 0.273 e. The molecule has 1 unspecified atom stereocenters. The molecule has 18 heavy (non-hydrogen) atoms. The lowest BCUT2D eigenvalue weighted by Gasteiger charge is -2.19. The number of hydrogen-bond acceptors (Lipinski definition) is 5. The average molecular weight is 271 g/mol. The van der Waals surface area contributed by atoms with Crippen LogP contribution < -0.4 is 5.73 Å². The molecule has 5 nitrogen and oxygen atoms in total. The minimum absolute atomic E-state index is 0.0552. The number of likely N-dealkylation sites (N-methyl/N-ethyl adjacent to an activating group) is 1. The Hall–Kier alpha value is -0.980. The van der Waals surface area contributed by atoms with Crippen molar-refractivity contribution in [1.82, 2.24) is 9.88 Å². The van der Waals surface area contributed by atoms with Gasteiger partial charge >= 0.3 is 0 Å². The number of rotatable bonds is 7. The van der Waals surface area contributed by atoms with Gasteiger partial charge in [0.1, 0.15) is 10.7 Å². The number of nitrogens with zero attached hydrogens (tertiary/aromatic N) is 2. The van der Waals surface area contributed by atoms with Crippen LogP contribution in [0.2, 0.25) is 0 Å². The van der Waals surface area contributed by atoms with E-state index in [1.54, 1.807) is 10.3 Å². The quantitative estimate of drug-likeness (QED) is 0.766. The van der Waals surface area contributed by atoms with Crippen LogP contribution in [0.25, 0.3) is 0 Å². The summed E-state index contributed by atoms with van der Waals surface area (Å²) in [4.78, 5) is 18.2. The Balaban J connectivity index is 2.64. The summed E-state index contributed by atoms with van der Waals surface area (Å²) in [5, 5.41) is 2.56. The van der Waals surface area contributed by atoms with Crippen LogP contribution in [0.1, 0.15) is 42.3 Å². The fourth-order valence-electron chi connectivity index (χ4n) is 1.48. The van der Waals surface area contributed by atoms with E-state index in [2.05, 4.69) is 4.98 Å². The van der Waals surface area contributed by atoms with Crippen molar-refractivity contribution in [2.45, 2.75) is 26.8 Å². The van der Waals surface area contributed by atoms with Gasteiger partial charge in [-0.1, -0.05) is 0 Å². The Morgan fingerprint density at radius 3 is 2.83 bits per heavy atom. The number of amides is 1. The molecule has 0 aliphatic carbocycles. The maximum atomic E-state index is 12.2. The van der Waals surface area contributed by atoms with Crippen LogP contribution in [-0.4, -0.2) is 42.1 Å². The van der Waals surface area contributed by atoms with E-state index >= 15 is 0 Å². The Morgan fingerprint density at radius 1 is 1.61 bits per heavy atom. The summed E-state index contributed by atoms with van der Waals surface area (Å²) in [6, 6.07) is -0.130. The molecular formula is C12H21N3O2S. The minimum atomic E-state index is -0.130. The molecule has 0 spiro atoms. The van der Waals surface area contributed by atoms with E-state index < -0.39 is 0 Å². The number of ether oxygens (including phenoxy) is 1. The summed E-state index contributed by atoms with van der Waals surface area (Å²) in [6.45, 7) is 8.21. The van der Waals surface area contributed by atoms with E-state index in [0.717, 1.165) is 5.01 Å². The van der Waals surface area contributed by atoms with E-state index in [9.17, 15) is 4.79 Å². The highest BCUT2D eigenvalue weighted by atomic mass is 32.1. The van der Waals surface area contributed by atoms with Crippen molar-refractivity contribution in [3.8, 4) is 0 Å². The molecule has 0 aliphatic heterocycles. The molecular weight excluding hydrogens is 250 g/mol. The Labute approximate surface area is 112 Å². The zero-order valence-electron chi connectivity index (χ0n) is 11.2. The van der Waals surface area contributed by atoms with Gasteiger partial charge in [-0.25, -0.2) is 4.98 Å². The first-order chi connectivity index (χ1) is 8.60. The van der Waals surface area contributed by atoms with Crippen molar-refractivity contribution >= 4 is 17.2 Å². The number of carbonyl (C=O) groups excluding carboxylic acids is 1. The molecule has 0 saturated heterocycles. The molecule has 1 atom stereocenters. The molecule has 0 saturated carbocycles. The highest BCUT2D eigenvalue weighted by Gasteiger charge is 2.18. The molecule has 2 N–H and O–H groups in total. The first-order valence-electron chi connectivity index (χ1n) is 6.18. The van der Waals surface area contributed by atoms with Crippen LogP contribution in [0.15, 0.2) is 5.38 Å². The van der Waals surface area contributed by atoms with Gasteiger partial charge in [-0.3, -0.25) is 4.79 Å². The summed E-state index contributed by atoms with van der Waals surface area (Å²) in [6.07, 6.45) is 0. The van der Waals surface area contributed by atoms with Crippen LogP contribution in [0.3, 0.4) is 0 Å². The van der Waals surface area contributed by atoms with Crippen molar-refractivity contribution in [1.29, 1.82) is 0 Å². The third-order valence-electron chi connectivity index (χ3n) is 2.51. The topological polar surface area (TPSA) is 68.5 Å². The van der Waals surface area contributed by atoms with E-state index in [1.165, 1.54) is 11.3 Å². The minimum Gasteiger partial charge on any atom is -0.380 e. The van der Waals surface area contributed by atoms with Crippen molar-refractivity contribution in [3.63, 3.8) is 0 Å². The molecule has 1 aromatic heterocycles. The van der Waals surface area contributed by atoms with E-state index in [1.807, 2.05) is 20.8 Å². The van der Waals surface area contributed by atoms with Crippen molar-refractivity contribution < 1.29 is 9.53 Å². The number of aromatic nitrogens is 1. The zero-order chi connectivity index (χ0) is 13.5. The molecule has 0 radical (unpaired) electrons. The van der Waals surface area contributed by atoms with E-state index in [-0.39, 0.29) is 11.9 Å². The van der Waals surface area contributed by atoms with Gasteiger partial charge in [-0.15, -0.1) is 11.3 Å². The second-order valence-corrected chi connectivity index (χ2v) is 4.83. The van der Waals surface area contributed by atoms with Crippen LogP contribution in [-0.2, 0) is 4.74 Å². The van der Waals surface area contributed by atoms with Gasteiger partial charge in [-0.2, -0.15) is 0 Å². The van der Waals surface area contributed by atoms with Crippen LogP contribution >= 0.6 is 11.3 Å². The standard InChI is InChI=1S/C12H21N3O2S/c1-4-15(6-7-17-5-2)12(16)10-8-18-11(14-10)9(3)13/h8-9H,4-7,13H2,1-3H3. The average Bonchev–Trinajstić information content (AvgIpc) is 2.83. The lowest BCUT2D eigenvalue weighted by Crippen LogP contribution is -2.34. The Morgan fingerprint density at radius 2 is 2.33 bits per heavy atom. The summed E-state index contributed by atoms with van der Waals surface area (Å²) in [7, 11) is 0. The monoisotopic (exact) mass is 271 g/mol. The Kier molecular flexibility index (Phi) is 6.24. The summed E-state index contributed by atoms with van der Waals surface area (Å²) in [5.74, 6) is -0.0552. The number of hydrogen-bond donors (Lipinski definition) is 1. The fourth-order valence-corrected chi connectivity index (χ4v) is 2.23. The molecule has 102 valence electrons. The molecule has 0 fully saturated rings. The third-order valence-corrected chi connectivity index (χ3v) is 3.55. The normalized spacial score (nSPS) is 12.4. The maximum Gasteiger partial charge on any atom is 0.273 e. The predicted octanol–water partition coefficient (Wildman–Crippen LogP) is 1.66. The molecule has 1 heterocycles. The third kappa shape index (κ3) is 4.04. The lowest BCUT2D eigenvalue weighted by atomic mass is 10.3. The van der Waals surface area contributed by atoms with Gasteiger partial charge in [0.15, 0.2) is 0 Å². The Bertz CT molecular complexity index is 379. The molecule has 0 aromatic carbocycles. The highest BCUT2D eigenvalue weighted by Crippen LogP contribution is 2.17. The second kappa shape index (κ2) is 7.45. The van der Waals surface area contributed by atoms with Gasteiger partial charge in [-0.05, 0) is 20.8 Å². The number of thiazole rings is 1. The molecule has 1 aromatic rings. The lowest BCUT2D eigenvalue weighted by molar-refractivity contribution is 0.0664. The second-order valence-electron chi connectivity index (χ2n) is 3.94. The molecule has 6 heteroatoms. The van der Waals surface area contributed by atoms with Gasteiger partial charge < -0.3 is 15.4 Å². The van der Waals surface area contributed by atoms with Crippen molar-refractivity contribution in [2.75, 3.05) is 26.3 Å². The van der Waals surface area contributed by atoms with Gasteiger partial charge in [0.2, 0.25) is 0 Å². The summed E-state index contributed by atoms with van der Waals surface area (Å²) < 4.78 is 5.26. The largest absolute Gasteiger partial charge is 0.380 e. The van der Waals surface area contributed by atoms with Gasteiger partial charge in [0.05, 0.1) is 12.6 Å². The maximum absolute atomic E-state index is 12.2. The summed E-state index contributed by atoms with van der Waals surface area (Å²) in [5.41, 5.74) is 6.21. The highest BCUT2D eigenvalue weighted by molar-refractivity contribution is 7.09. The van der Waals surface area contributed by atoms with Gasteiger partial charge in [0.25, 0.3) is 5.91 Å². The molecule has 1 rings (SSSR count). The number of carbonyl (C=O) groups is 1. The number of nitrogens with two attached hydrogens (primary N) is 1. The predicted molar refractivity (Wildman–Crippen MR) is 72.8 cm³/mol. The first-order valence-corrected chi connectivity index (χ1v) is 7.06. The van der Waals surface area contributed by atoms with Crippen LogP contribution in [0, 0.1) is 0 Å². The van der Waals surface area contributed by atoms with Gasteiger partial charge in [0, 0.05) is 25.1 Å². The summed E-state index contributed by atoms with van der Waals surface area (Å²) >= 11 is 1.43. The fraction of sp³-hybridized carbons (Fsp3) is 0.667. The molecule has 0 bridgehead atoms. The van der Waals surface area contributed by atoms with Crippen molar-refractivity contribution in [2.24, 2.45) is 5.73 Å². The zero-order valence-corrected chi connectivity index (χ0v) is 12.0. The van der Waals surface area contributed by atoms with Crippen LogP contribution in [0.4, 0.5) is 0 Å². The van der Waals surface area contributed by atoms with Crippen molar-refractivity contribution in [3.05, 3.63) is 16.1 Å². The van der Waals surface area contributed by atoms with E-state index in [0.29, 0.717) is 32.0 Å². The van der Waals surface area contributed by atoms with E-state index in [4.69, 9.17) is 10.5 Å². The molecule has 0 aliphatic rings. The van der Waals surface area contributed by atoms with Crippen LogP contribution in [0.5, 0.6) is 0 Å². The SMILES string of the molecule is CCOCCN(CC)C(=O)c1csc(C(C)N)n1.